The molecule has 96 valence electrons. The van der Waals surface area contributed by atoms with Crippen molar-refractivity contribution < 1.29 is 32.3 Å². The minimum atomic E-state index is 0. The van der Waals surface area contributed by atoms with Crippen LogP contribution >= 0.6 is 0 Å². The molecule has 0 fully saturated rings. The van der Waals surface area contributed by atoms with E-state index in [1.807, 2.05) is 25.2 Å². The number of hydrogen-bond donors (Lipinski definition) is 2. The van der Waals surface area contributed by atoms with Gasteiger partial charge in [-0.3, -0.25) is 0 Å². The third-order valence-corrected chi connectivity index (χ3v) is 3.13. The molecule has 1 heterocycles. The van der Waals surface area contributed by atoms with Gasteiger partial charge in [0.25, 0.3) is 0 Å². The Morgan fingerprint density at radius 2 is 2.29 bits per heavy atom. The summed E-state index contributed by atoms with van der Waals surface area (Å²) < 4.78 is 10.9. The van der Waals surface area contributed by atoms with Crippen molar-refractivity contribution in [1.82, 2.24) is 0 Å². The molecule has 0 aliphatic carbocycles. The van der Waals surface area contributed by atoms with Crippen LogP contribution in [0.25, 0.3) is 0 Å². The number of ether oxygens (including phenoxy) is 2. The van der Waals surface area contributed by atoms with Gasteiger partial charge < -0.3 is 32.3 Å². The van der Waals surface area contributed by atoms with Gasteiger partial charge in [0.1, 0.15) is 6.04 Å². The number of nitrogens with two attached hydrogens (primary N) is 1. The summed E-state index contributed by atoms with van der Waals surface area (Å²) >= 11 is 0. The molecule has 0 saturated carbocycles. The normalized spacial score (nSPS) is 22.1. The molecule has 2 rings (SSSR count). The van der Waals surface area contributed by atoms with E-state index < -0.39 is 0 Å². The highest BCUT2D eigenvalue weighted by Crippen LogP contribution is 2.39. The number of para-hydroxylation sites is 1. The van der Waals surface area contributed by atoms with Crippen LogP contribution in [-0.2, 0) is 0 Å². The molecule has 1 aliphatic heterocycles. The molecule has 0 amide bonds. The lowest BCUT2D eigenvalue weighted by Crippen LogP contribution is -3.00. The second kappa shape index (κ2) is 6.10. The number of fused-ring (bicyclic) bond motifs is 1. The van der Waals surface area contributed by atoms with Crippen molar-refractivity contribution in [3.8, 4) is 11.5 Å². The third kappa shape index (κ3) is 2.49. The zero-order valence-electron chi connectivity index (χ0n) is 10.0. The Hall–Kier alpha value is -0.970. The van der Waals surface area contributed by atoms with Crippen molar-refractivity contribution in [1.29, 1.82) is 0 Å². The number of halogens is 1. The average molecular weight is 260 g/mol. The topological polar surface area (TPSA) is 55.3 Å². The van der Waals surface area contributed by atoms with Crippen molar-refractivity contribution in [2.45, 2.75) is 6.04 Å². The smallest absolute Gasteiger partial charge is 0.170 e. The molecular formula is C12H18ClNO3. The van der Waals surface area contributed by atoms with Crippen LogP contribution in [0, 0.1) is 5.92 Å². The van der Waals surface area contributed by atoms with Crippen LogP contribution < -0.4 is 27.2 Å². The molecule has 1 aliphatic rings. The van der Waals surface area contributed by atoms with Gasteiger partial charge in [0.15, 0.2) is 11.5 Å². The molecule has 0 bridgehead atoms. The molecule has 4 nitrogen and oxygen atoms in total. The van der Waals surface area contributed by atoms with Crippen LogP contribution in [0.15, 0.2) is 18.2 Å². The van der Waals surface area contributed by atoms with E-state index in [1.54, 1.807) is 7.11 Å². The highest BCUT2D eigenvalue weighted by atomic mass is 35.5. The van der Waals surface area contributed by atoms with Gasteiger partial charge in [-0.1, -0.05) is 6.07 Å². The van der Waals surface area contributed by atoms with E-state index in [2.05, 4.69) is 5.32 Å². The van der Waals surface area contributed by atoms with E-state index in [0.29, 0.717) is 6.61 Å². The summed E-state index contributed by atoms with van der Waals surface area (Å²) in [6.07, 6.45) is 0. The summed E-state index contributed by atoms with van der Waals surface area (Å²) in [6.45, 7) is 0.685. The molecular weight excluding hydrogens is 242 g/mol. The maximum atomic E-state index is 9.31. The lowest BCUT2D eigenvalue weighted by molar-refractivity contribution is -0.679. The van der Waals surface area contributed by atoms with E-state index in [9.17, 15) is 5.11 Å². The standard InChI is InChI=1S/C12H17NO3.ClH/c1-13-11-8(6-14)7-16-12-9(11)4-3-5-10(12)15-2;/h3-5,8,11,13-14H,6-7H2,1-2H3;1H. The minimum absolute atomic E-state index is 0. The molecule has 0 spiro atoms. The quantitative estimate of drug-likeness (QED) is 0.606. The van der Waals surface area contributed by atoms with Crippen LogP contribution in [0.1, 0.15) is 11.6 Å². The van der Waals surface area contributed by atoms with Crippen molar-refractivity contribution in [2.75, 3.05) is 27.4 Å². The van der Waals surface area contributed by atoms with Crippen LogP contribution in [0.4, 0.5) is 0 Å². The van der Waals surface area contributed by atoms with Crippen LogP contribution in [0.3, 0.4) is 0 Å². The summed E-state index contributed by atoms with van der Waals surface area (Å²) in [5.41, 5.74) is 1.10. The lowest BCUT2D eigenvalue weighted by atomic mass is 9.91. The number of hydrogen-bond acceptors (Lipinski definition) is 3. The van der Waals surface area contributed by atoms with Crippen LogP contribution in [-0.4, -0.2) is 32.5 Å². The zero-order valence-corrected chi connectivity index (χ0v) is 10.8. The molecule has 17 heavy (non-hydrogen) atoms. The van der Waals surface area contributed by atoms with Crippen molar-refractivity contribution >= 4 is 0 Å². The average Bonchev–Trinajstić information content (AvgIpc) is 2.36. The highest BCUT2D eigenvalue weighted by molar-refractivity contribution is 5.48. The number of rotatable bonds is 3. The van der Waals surface area contributed by atoms with Crippen LogP contribution in [0.2, 0.25) is 0 Å². The predicted octanol–water partition coefficient (Wildman–Crippen LogP) is -3.07. The largest absolute Gasteiger partial charge is 1.00 e. The Morgan fingerprint density at radius 3 is 2.88 bits per heavy atom. The summed E-state index contributed by atoms with van der Waals surface area (Å²) in [5, 5.41) is 11.4. The van der Waals surface area contributed by atoms with Gasteiger partial charge >= 0.3 is 0 Å². The van der Waals surface area contributed by atoms with Gasteiger partial charge in [-0.05, 0) is 12.1 Å². The molecule has 1 aromatic rings. The Labute approximate surface area is 107 Å². The number of benzene rings is 1. The number of quaternary nitrogens is 1. The summed E-state index contributed by atoms with van der Waals surface area (Å²) in [7, 11) is 3.66. The Morgan fingerprint density at radius 1 is 1.53 bits per heavy atom. The Bertz CT molecular complexity index is 373. The van der Waals surface area contributed by atoms with Crippen molar-refractivity contribution in [2.24, 2.45) is 5.92 Å². The maximum Gasteiger partial charge on any atom is 0.170 e. The van der Waals surface area contributed by atoms with E-state index in [-0.39, 0.29) is 31.0 Å². The Kier molecular flexibility index (Phi) is 5.05. The molecule has 2 atom stereocenters. The molecule has 5 heteroatoms. The molecule has 0 radical (unpaired) electrons. The van der Waals surface area contributed by atoms with E-state index in [1.165, 1.54) is 0 Å². The first-order valence-corrected chi connectivity index (χ1v) is 5.51. The Balaban J connectivity index is 0.00000144. The predicted molar refractivity (Wildman–Crippen MR) is 59.7 cm³/mol. The number of methoxy groups -OCH3 is 1. The summed E-state index contributed by atoms with van der Waals surface area (Å²) in [5.74, 6) is 1.73. The zero-order chi connectivity index (χ0) is 11.5. The monoisotopic (exact) mass is 259 g/mol. The van der Waals surface area contributed by atoms with E-state index in [4.69, 9.17) is 9.47 Å². The molecule has 0 saturated heterocycles. The molecule has 3 N–H and O–H groups in total. The third-order valence-electron chi connectivity index (χ3n) is 3.13. The van der Waals surface area contributed by atoms with E-state index in [0.717, 1.165) is 17.1 Å². The van der Waals surface area contributed by atoms with Gasteiger partial charge in [0.2, 0.25) is 0 Å². The van der Waals surface area contributed by atoms with Crippen LogP contribution in [0.5, 0.6) is 11.5 Å². The fraction of sp³-hybridized carbons (Fsp3) is 0.500. The van der Waals surface area contributed by atoms with Crippen molar-refractivity contribution in [3.05, 3.63) is 23.8 Å². The van der Waals surface area contributed by atoms with Gasteiger partial charge in [0, 0.05) is 0 Å². The fourth-order valence-corrected chi connectivity index (χ4v) is 2.28. The lowest BCUT2D eigenvalue weighted by Gasteiger charge is -2.30. The minimum Gasteiger partial charge on any atom is -1.00 e. The SMILES string of the molecule is C[NH2+]C1c2cccc(OC)c2OCC1CO.[Cl-]. The number of aliphatic hydroxyl groups excluding tert-OH is 1. The first-order valence-electron chi connectivity index (χ1n) is 5.51. The van der Waals surface area contributed by atoms with Gasteiger partial charge in [-0.25, -0.2) is 0 Å². The van der Waals surface area contributed by atoms with E-state index >= 15 is 0 Å². The first kappa shape index (κ1) is 14.1. The fourth-order valence-electron chi connectivity index (χ4n) is 2.28. The second-order valence-corrected chi connectivity index (χ2v) is 3.99. The highest BCUT2D eigenvalue weighted by Gasteiger charge is 2.33. The van der Waals surface area contributed by atoms with Gasteiger partial charge in [-0.15, -0.1) is 0 Å². The molecule has 0 aromatic heterocycles. The van der Waals surface area contributed by atoms with Crippen molar-refractivity contribution in [3.63, 3.8) is 0 Å². The summed E-state index contributed by atoms with van der Waals surface area (Å²) in [4.78, 5) is 0. The summed E-state index contributed by atoms with van der Waals surface area (Å²) in [6, 6.07) is 6.12. The van der Waals surface area contributed by atoms with Gasteiger partial charge in [-0.2, -0.15) is 0 Å². The second-order valence-electron chi connectivity index (χ2n) is 3.99. The molecule has 1 aromatic carbocycles. The van der Waals surface area contributed by atoms with Gasteiger partial charge in [0.05, 0.1) is 38.9 Å². The maximum absolute atomic E-state index is 9.31. The first-order chi connectivity index (χ1) is 7.81. The molecule has 2 unspecified atom stereocenters. The number of aliphatic hydroxyl groups is 1.